The lowest BCUT2D eigenvalue weighted by atomic mass is 10.1. The lowest BCUT2D eigenvalue weighted by Gasteiger charge is -2.09. The summed E-state index contributed by atoms with van der Waals surface area (Å²) in [5.74, 6) is -2.57. The first kappa shape index (κ1) is 13.9. The molecule has 0 radical (unpaired) electrons. The number of nitrogens with zero attached hydrogens (tertiary/aromatic N) is 1. The van der Waals surface area contributed by atoms with E-state index in [1.165, 1.54) is 12.3 Å². The number of hydrogen-bond acceptors (Lipinski definition) is 3. The van der Waals surface area contributed by atoms with E-state index in [0.29, 0.717) is 11.1 Å². The molecule has 1 amide bonds. The second-order valence-corrected chi connectivity index (χ2v) is 4.69. The van der Waals surface area contributed by atoms with Crippen LogP contribution in [0, 0.1) is 11.6 Å². The number of nitrogens with two attached hydrogens (primary N) is 1. The molecule has 0 saturated heterocycles. The zero-order chi connectivity index (χ0) is 15.7. The molecule has 2 aromatic carbocycles. The van der Waals surface area contributed by atoms with Gasteiger partial charge in [-0.2, -0.15) is 0 Å². The molecule has 0 bridgehead atoms. The maximum Gasteiger partial charge on any atom is 0.274 e. The van der Waals surface area contributed by atoms with Gasteiger partial charge in [0.2, 0.25) is 0 Å². The average molecular weight is 299 g/mol. The normalized spacial score (nSPS) is 10.6. The summed E-state index contributed by atoms with van der Waals surface area (Å²) in [6, 6.07) is 10.1. The van der Waals surface area contributed by atoms with E-state index in [1.54, 1.807) is 18.2 Å². The van der Waals surface area contributed by atoms with Crippen LogP contribution >= 0.6 is 0 Å². The van der Waals surface area contributed by atoms with Crippen LogP contribution in [0.1, 0.15) is 10.5 Å². The van der Waals surface area contributed by atoms with Crippen molar-refractivity contribution in [3.63, 3.8) is 0 Å². The van der Waals surface area contributed by atoms with E-state index in [0.717, 1.165) is 17.5 Å². The molecule has 0 unspecified atom stereocenters. The third-order valence-corrected chi connectivity index (χ3v) is 3.22. The Kier molecular flexibility index (Phi) is 3.42. The Labute approximate surface area is 124 Å². The van der Waals surface area contributed by atoms with Crippen LogP contribution in [0.25, 0.3) is 10.8 Å². The van der Waals surface area contributed by atoms with Crippen LogP contribution in [0.4, 0.5) is 20.2 Å². The van der Waals surface area contributed by atoms with E-state index in [2.05, 4.69) is 10.3 Å². The molecule has 6 heteroatoms. The maximum absolute atomic E-state index is 13.2. The molecule has 0 aliphatic rings. The zero-order valence-electron chi connectivity index (χ0n) is 11.3. The predicted octanol–water partition coefficient (Wildman–Crippen LogP) is 3.35. The molecule has 0 atom stereocenters. The standard InChI is InChI=1S/C16H11F2N3O/c17-11-5-4-10(8-12(11)18)21-16(22)15-14-9(6-7-20-15)2-1-3-13(14)19/h1-8H,19H2,(H,21,22). The van der Waals surface area contributed by atoms with Crippen molar-refractivity contribution in [3.8, 4) is 0 Å². The van der Waals surface area contributed by atoms with Crippen molar-refractivity contribution in [1.29, 1.82) is 0 Å². The Morgan fingerprint density at radius 1 is 1.09 bits per heavy atom. The highest BCUT2D eigenvalue weighted by Crippen LogP contribution is 2.24. The van der Waals surface area contributed by atoms with Gasteiger partial charge in [0.05, 0.1) is 0 Å². The fraction of sp³-hybridized carbons (Fsp3) is 0. The van der Waals surface area contributed by atoms with Crippen molar-refractivity contribution in [2.24, 2.45) is 0 Å². The largest absolute Gasteiger partial charge is 0.398 e. The van der Waals surface area contributed by atoms with Crippen molar-refractivity contribution in [2.75, 3.05) is 11.1 Å². The van der Waals surface area contributed by atoms with Crippen molar-refractivity contribution in [3.05, 3.63) is 66.0 Å². The van der Waals surface area contributed by atoms with E-state index in [1.807, 2.05) is 6.07 Å². The van der Waals surface area contributed by atoms with E-state index in [9.17, 15) is 13.6 Å². The molecule has 0 fully saturated rings. The highest BCUT2D eigenvalue weighted by molar-refractivity contribution is 6.14. The molecule has 110 valence electrons. The van der Waals surface area contributed by atoms with E-state index in [4.69, 9.17) is 5.73 Å². The number of carbonyl (C=O) groups is 1. The van der Waals surface area contributed by atoms with E-state index in [-0.39, 0.29) is 11.4 Å². The summed E-state index contributed by atoms with van der Waals surface area (Å²) in [7, 11) is 0. The number of rotatable bonds is 2. The number of hydrogen-bond donors (Lipinski definition) is 2. The van der Waals surface area contributed by atoms with Gasteiger partial charge in [0.25, 0.3) is 5.91 Å². The number of nitrogen functional groups attached to an aromatic ring is 1. The quantitative estimate of drug-likeness (QED) is 0.713. The van der Waals surface area contributed by atoms with Gasteiger partial charge in [0.1, 0.15) is 5.69 Å². The van der Waals surface area contributed by atoms with Gasteiger partial charge >= 0.3 is 0 Å². The van der Waals surface area contributed by atoms with Crippen LogP contribution < -0.4 is 11.1 Å². The lowest BCUT2D eigenvalue weighted by molar-refractivity contribution is 0.102. The van der Waals surface area contributed by atoms with E-state index < -0.39 is 17.5 Å². The fourth-order valence-corrected chi connectivity index (χ4v) is 2.19. The molecule has 22 heavy (non-hydrogen) atoms. The summed E-state index contributed by atoms with van der Waals surface area (Å²) >= 11 is 0. The topological polar surface area (TPSA) is 68.0 Å². The summed E-state index contributed by atoms with van der Waals surface area (Å²) in [5.41, 5.74) is 6.58. The second-order valence-electron chi connectivity index (χ2n) is 4.69. The van der Waals surface area contributed by atoms with Crippen LogP contribution in [0.3, 0.4) is 0 Å². The Hall–Kier alpha value is -3.02. The smallest absolute Gasteiger partial charge is 0.274 e. The molecule has 4 nitrogen and oxygen atoms in total. The molecule has 3 aromatic rings. The van der Waals surface area contributed by atoms with Crippen LogP contribution in [0.15, 0.2) is 48.7 Å². The van der Waals surface area contributed by atoms with Gasteiger partial charge in [0.15, 0.2) is 11.6 Å². The van der Waals surface area contributed by atoms with Crippen molar-refractivity contribution >= 4 is 28.1 Å². The first-order chi connectivity index (χ1) is 10.6. The number of carbonyl (C=O) groups excluding carboxylic acids is 1. The molecule has 0 spiro atoms. The van der Waals surface area contributed by atoms with E-state index >= 15 is 0 Å². The molecule has 0 aliphatic carbocycles. The lowest BCUT2D eigenvalue weighted by Crippen LogP contribution is -2.15. The second kappa shape index (κ2) is 5.40. The molecule has 1 aromatic heterocycles. The van der Waals surface area contributed by atoms with Gasteiger partial charge in [-0.05, 0) is 29.7 Å². The number of halogens is 2. The van der Waals surface area contributed by atoms with Crippen molar-refractivity contribution in [2.45, 2.75) is 0 Å². The molecular weight excluding hydrogens is 288 g/mol. The number of pyridine rings is 1. The summed E-state index contributed by atoms with van der Waals surface area (Å²) in [6.07, 6.45) is 1.49. The average Bonchev–Trinajstić information content (AvgIpc) is 2.51. The van der Waals surface area contributed by atoms with Crippen LogP contribution in [-0.2, 0) is 0 Å². The van der Waals surface area contributed by atoms with Gasteiger partial charge in [-0.3, -0.25) is 9.78 Å². The third-order valence-electron chi connectivity index (χ3n) is 3.22. The first-order valence-corrected chi connectivity index (χ1v) is 6.46. The minimum absolute atomic E-state index is 0.125. The van der Waals surface area contributed by atoms with Crippen molar-refractivity contribution in [1.82, 2.24) is 4.98 Å². The fourth-order valence-electron chi connectivity index (χ4n) is 2.19. The summed E-state index contributed by atoms with van der Waals surface area (Å²) < 4.78 is 26.1. The maximum atomic E-state index is 13.2. The van der Waals surface area contributed by atoms with Crippen LogP contribution in [-0.4, -0.2) is 10.9 Å². The Bertz CT molecular complexity index is 875. The number of amides is 1. The van der Waals surface area contributed by atoms with Gasteiger partial charge in [0, 0.05) is 29.0 Å². The Morgan fingerprint density at radius 2 is 1.91 bits per heavy atom. The Morgan fingerprint density at radius 3 is 2.68 bits per heavy atom. The van der Waals surface area contributed by atoms with Gasteiger partial charge < -0.3 is 11.1 Å². The number of anilines is 2. The number of nitrogens with one attached hydrogen (secondary N) is 1. The predicted molar refractivity (Wildman–Crippen MR) is 80.5 cm³/mol. The molecule has 3 N–H and O–H groups in total. The van der Waals surface area contributed by atoms with Gasteiger partial charge in [-0.1, -0.05) is 12.1 Å². The number of benzene rings is 2. The molecule has 1 heterocycles. The summed E-state index contributed by atoms with van der Waals surface area (Å²) in [4.78, 5) is 16.4. The SMILES string of the molecule is Nc1cccc2ccnc(C(=O)Nc3ccc(F)c(F)c3)c12. The number of fused-ring (bicyclic) bond motifs is 1. The monoisotopic (exact) mass is 299 g/mol. The minimum Gasteiger partial charge on any atom is -0.398 e. The van der Waals surface area contributed by atoms with Crippen molar-refractivity contribution < 1.29 is 13.6 Å². The first-order valence-electron chi connectivity index (χ1n) is 6.46. The molecule has 0 saturated carbocycles. The highest BCUT2D eigenvalue weighted by atomic mass is 19.2. The molecule has 3 rings (SSSR count). The summed E-state index contributed by atoms with van der Waals surface area (Å²) in [5, 5.41) is 3.77. The summed E-state index contributed by atoms with van der Waals surface area (Å²) in [6.45, 7) is 0. The Balaban J connectivity index is 2.00. The molecular formula is C16H11F2N3O. The number of aromatic nitrogens is 1. The zero-order valence-corrected chi connectivity index (χ0v) is 11.3. The molecule has 0 aliphatic heterocycles. The van der Waals surface area contributed by atoms with Gasteiger partial charge in [-0.25, -0.2) is 8.78 Å². The van der Waals surface area contributed by atoms with Crippen LogP contribution in [0.5, 0.6) is 0 Å². The van der Waals surface area contributed by atoms with Crippen LogP contribution in [0.2, 0.25) is 0 Å². The highest BCUT2D eigenvalue weighted by Gasteiger charge is 2.14. The third kappa shape index (κ3) is 2.46. The minimum atomic E-state index is -1.04. The van der Waals surface area contributed by atoms with Gasteiger partial charge in [-0.15, -0.1) is 0 Å².